The van der Waals surface area contributed by atoms with E-state index in [-0.39, 0.29) is 55.4 Å². The second kappa shape index (κ2) is 25.1. The van der Waals surface area contributed by atoms with Crippen LogP contribution in [0.1, 0.15) is 73.0 Å². The molecule has 1 N–H and O–H groups in total. The molecule has 0 aliphatic carbocycles. The van der Waals surface area contributed by atoms with Crippen molar-refractivity contribution in [3.63, 3.8) is 0 Å². The van der Waals surface area contributed by atoms with Gasteiger partial charge in [-0.2, -0.15) is 0 Å². The van der Waals surface area contributed by atoms with Gasteiger partial charge in [-0.15, -0.1) is 11.3 Å². The van der Waals surface area contributed by atoms with Crippen molar-refractivity contribution < 1.29 is 48.0 Å². The maximum Gasteiger partial charge on any atom is 0.293 e. The fourth-order valence-corrected chi connectivity index (χ4v) is 11.3. The number of amides is 3. The summed E-state index contributed by atoms with van der Waals surface area (Å²) in [6.07, 6.45) is 2.85. The minimum atomic E-state index is -0.792. The van der Waals surface area contributed by atoms with Crippen LogP contribution in [0.4, 0.5) is 10.5 Å². The maximum absolute atomic E-state index is 14.4. The third-order valence-electron chi connectivity index (χ3n) is 13.5. The van der Waals surface area contributed by atoms with Gasteiger partial charge in [0.05, 0.1) is 66.6 Å². The van der Waals surface area contributed by atoms with Crippen LogP contribution >= 0.6 is 23.1 Å². The predicted molar refractivity (Wildman–Crippen MR) is 291 cm³/mol. The quantitative estimate of drug-likeness (QED) is 0.0353. The molecule has 392 valence electrons. The zero-order valence-corrected chi connectivity index (χ0v) is 44.7. The number of aryl methyl sites for hydroxylation is 3. The second-order valence-electron chi connectivity index (χ2n) is 19.1. The molecule has 3 amide bonds. The van der Waals surface area contributed by atoms with E-state index in [2.05, 4.69) is 22.5 Å². The molecule has 17 heteroatoms. The molecule has 2 fully saturated rings. The number of rotatable bonds is 24. The number of aliphatic hydroxyl groups is 1. The summed E-state index contributed by atoms with van der Waals surface area (Å²) in [5.41, 5.74) is 9.49. The van der Waals surface area contributed by atoms with E-state index in [0.29, 0.717) is 91.4 Å². The first-order valence-electron chi connectivity index (χ1n) is 25.2. The molecular formula is C58H63N5O10S2. The first-order chi connectivity index (χ1) is 36.2. The summed E-state index contributed by atoms with van der Waals surface area (Å²) in [7, 11) is 1.52. The Morgan fingerprint density at radius 1 is 0.933 bits per heavy atom. The fraction of sp³-hybridized carbons (Fsp3) is 0.379. The number of carbonyl (C=O) groups excluding carboxylic acids is 4. The molecule has 8 rings (SSSR count). The molecular weight excluding hydrogens is 991 g/mol. The Bertz CT molecular complexity index is 3000. The number of nitrogens with zero attached hydrogens (tertiary/aromatic N) is 5. The first-order valence-corrected chi connectivity index (χ1v) is 26.9. The number of thioether (sulfide) groups is 1. The van der Waals surface area contributed by atoms with Gasteiger partial charge in [0.25, 0.3) is 11.1 Å². The summed E-state index contributed by atoms with van der Waals surface area (Å²) < 4.78 is 29.7. The van der Waals surface area contributed by atoms with Crippen LogP contribution in [-0.2, 0) is 36.8 Å². The van der Waals surface area contributed by atoms with Gasteiger partial charge in [-0.05, 0) is 109 Å². The highest BCUT2D eigenvalue weighted by atomic mass is 32.2. The first kappa shape index (κ1) is 54.5. The number of imide groups is 1. The van der Waals surface area contributed by atoms with Crippen molar-refractivity contribution in [2.75, 3.05) is 53.2 Å². The maximum atomic E-state index is 14.4. The average molecular weight is 1050 g/mol. The lowest BCUT2D eigenvalue weighted by Crippen LogP contribution is -2.52. The summed E-state index contributed by atoms with van der Waals surface area (Å²) >= 11 is 2.42. The summed E-state index contributed by atoms with van der Waals surface area (Å²) in [5.74, 6) is 1.45. The second-order valence-corrected chi connectivity index (χ2v) is 20.9. The van der Waals surface area contributed by atoms with Crippen molar-refractivity contribution in [2.45, 2.75) is 84.5 Å². The van der Waals surface area contributed by atoms with E-state index in [1.165, 1.54) is 12.0 Å². The van der Waals surface area contributed by atoms with Crippen LogP contribution in [0, 0.1) is 26.3 Å². The molecule has 15 nitrogen and oxygen atoms in total. The van der Waals surface area contributed by atoms with Gasteiger partial charge in [0.15, 0.2) is 23.0 Å². The lowest BCUT2D eigenvalue weighted by atomic mass is 9.97. The van der Waals surface area contributed by atoms with Crippen molar-refractivity contribution in [2.24, 2.45) is 5.92 Å². The Morgan fingerprint density at radius 3 is 2.41 bits per heavy atom. The van der Waals surface area contributed by atoms with Crippen LogP contribution < -0.4 is 14.2 Å². The van der Waals surface area contributed by atoms with Gasteiger partial charge < -0.3 is 38.6 Å². The largest absolute Gasteiger partial charge is 0.493 e. The number of aliphatic hydroxyl groups excluding tert-OH is 1. The number of Topliss-reactive ketones (excluding diaryl/α,β-unsaturated/α-hetero) is 1. The number of aromatic nitrogens is 1. The SMILES string of the molecule is [C-]#[N+]c1ccc(Oc2ccc(/C=C3\SC(=O)N(CCOCCCOCCCOc4cc(-c5scnc5C)ccc4CCC(=O)[C@@H]4C[C@@H](O)CN4C(=O)[C@H](C(C)C)N4Cc5ccccc5C4=C)C3=O)cc2OC)c(C)c1. The average Bonchev–Trinajstić information content (AvgIpc) is 4.17. The van der Waals surface area contributed by atoms with Crippen molar-refractivity contribution in [3.05, 3.63) is 141 Å². The number of methoxy groups -OCH3 is 1. The number of likely N-dealkylation sites (tertiary alicyclic amines) is 1. The van der Waals surface area contributed by atoms with E-state index in [9.17, 15) is 24.3 Å². The minimum Gasteiger partial charge on any atom is -0.493 e. The third-order valence-corrected chi connectivity index (χ3v) is 15.4. The van der Waals surface area contributed by atoms with Crippen LogP contribution in [0.5, 0.6) is 23.0 Å². The molecule has 3 atom stereocenters. The van der Waals surface area contributed by atoms with E-state index in [0.717, 1.165) is 55.8 Å². The molecule has 2 saturated heterocycles. The lowest BCUT2D eigenvalue weighted by Gasteiger charge is -2.36. The molecule has 4 aromatic carbocycles. The number of hydrogen-bond acceptors (Lipinski definition) is 14. The molecule has 0 bridgehead atoms. The van der Waals surface area contributed by atoms with Gasteiger partial charge in [-0.25, -0.2) is 9.83 Å². The molecule has 3 aliphatic rings. The number of ketones is 1. The van der Waals surface area contributed by atoms with Crippen molar-refractivity contribution in [1.29, 1.82) is 0 Å². The van der Waals surface area contributed by atoms with Crippen molar-refractivity contribution in [1.82, 2.24) is 19.7 Å². The Balaban J connectivity index is 0.771. The highest BCUT2D eigenvalue weighted by Crippen LogP contribution is 2.40. The molecule has 0 saturated carbocycles. The highest BCUT2D eigenvalue weighted by molar-refractivity contribution is 8.18. The number of β-amino-alcohol motifs (C(OH)–C–C–N with tert-alkyl or cyclic N) is 1. The molecule has 5 aromatic rings. The number of benzene rings is 4. The molecule has 0 spiro atoms. The Labute approximate surface area is 446 Å². The standard InChI is InChI=1S/C58H63N5O10S2/c1-36(2)54(62-33-43-12-8-9-13-46(43)39(62)5)57(67)63-34-45(64)32-47(63)48(65)19-17-41-15-16-42(55-38(4)60-35-74-55)31-51(41)72-26-11-25-70-23-10-24-71-27-22-61-56(66)53(75-58(61)68)30-40-14-20-50(52(29-40)69-7)73-49-21-18-44(59-6)28-37(49)3/h8-9,12-16,18,20-21,28-31,35-36,45,47,54,64H,5,10-11,17,19,22-27,32-34H2,1-4,7H3/b53-30-/t45-,47+,54+/m1/s1. The number of fused-ring (bicyclic) bond motifs is 1. The van der Waals surface area contributed by atoms with Crippen LogP contribution in [0.15, 0.2) is 95.9 Å². The zero-order chi connectivity index (χ0) is 53.2. The molecule has 1 aromatic heterocycles. The Morgan fingerprint density at radius 2 is 1.69 bits per heavy atom. The van der Waals surface area contributed by atoms with Gasteiger partial charge in [-0.3, -0.25) is 24.1 Å². The monoisotopic (exact) mass is 1050 g/mol. The predicted octanol–water partition coefficient (Wildman–Crippen LogP) is 10.7. The minimum absolute atomic E-state index is 0.0615. The molecule has 4 heterocycles. The molecule has 0 unspecified atom stereocenters. The van der Waals surface area contributed by atoms with E-state index in [1.807, 2.05) is 74.5 Å². The zero-order valence-electron chi connectivity index (χ0n) is 43.0. The summed E-state index contributed by atoms with van der Waals surface area (Å²) in [6, 6.07) is 23.2. The van der Waals surface area contributed by atoms with Gasteiger partial charge in [0.2, 0.25) is 5.91 Å². The molecule has 3 aliphatic heterocycles. The van der Waals surface area contributed by atoms with Crippen LogP contribution in [0.3, 0.4) is 0 Å². The number of carbonyl (C=O) groups is 4. The lowest BCUT2D eigenvalue weighted by molar-refractivity contribution is -0.142. The third kappa shape index (κ3) is 13.0. The van der Waals surface area contributed by atoms with Crippen LogP contribution in [0.2, 0.25) is 0 Å². The number of ether oxygens (including phenoxy) is 5. The van der Waals surface area contributed by atoms with Crippen LogP contribution in [-0.4, -0.2) is 119 Å². The van der Waals surface area contributed by atoms with Gasteiger partial charge in [0.1, 0.15) is 17.5 Å². The van der Waals surface area contributed by atoms with E-state index >= 15 is 0 Å². The topological polar surface area (TPSA) is 162 Å². The number of hydrogen-bond donors (Lipinski definition) is 1. The highest BCUT2D eigenvalue weighted by Gasteiger charge is 2.44. The Kier molecular flexibility index (Phi) is 18.3. The summed E-state index contributed by atoms with van der Waals surface area (Å²) in [6.45, 7) is 22.0. The van der Waals surface area contributed by atoms with Crippen LogP contribution in [0.25, 0.3) is 27.1 Å². The van der Waals surface area contributed by atoms with Crippen molar-refractivity contribution in [3.8, 4) is 33.4 Å². The smallest absolute Gasteiger partial charge is 0.293 e. The van der Waals surface area contributed by atoms with Crippen molar-refractivity contribution >= 4 is 63.4 Å². The fourth-order valence-electron chi connectivity index (χ4n) is 9.60. The van der Waals surface area contributed by atoms with Gasteiger partial charge in [0, 0.05) is 63.4 Å². The summed E-state index contributed by atoms with van der Waals surface area (Å²) in [5, 5.41) is 10.5. The summed E-state index contributed by atoms with van der Waals surface area (Å²) in [4.78, 5) is 68.6. The Hall–Kier alpha value is -6.81. The molecule has 75 heavy (non-hydrogen) atoms. The van der Waals surface area contributed by atoms with Gasteiger partial charge >= 0.3 is 0 Å². The van der Waals surface area contributed by atoms with Gasteiger partial charge in [-0.1, -0.05) is 69.0 Å². The van der Waals surface area contributed by atoms with E-state index in [4.69, 9.17) is 30.3 Å². The normalized spacial score (nSPS) is 17.3. The van der Waals surface area contributed by atoms with E-state index in [1.54, 1.807) is 58.7 Å². The van der Waals surface area contributed by atoms with E-state index < -0.39 is 24.1 Å². The molecule has 0 radical (unpaired) electrons. The number of thiazole rings is 1.